The van der Waals surface area contributed by atoms with E-state index in [1.54, 1.807) is 27.3 Å². The number of sulfonamides is 1. The third-order valence-electron chi connectivity index (χ3n) is 4.21. The molecular weight excluding hydrogens is 515 g/mol. The van der Waals surface area contributed by atoms with E-state index >= 15 is 0 Å². The monoisotopic (exact) mass is 544 g/mol. The van der Waals surface area contributed by atoms with E-state index < -0.39 is 10.0 Å². The van der Waals surface area contributed by atoms with Crippen molar-refractivity contribution in [2.24, 2.45) is 4.99 Å². The number of hydrogen-bond acceptors (Lipinski definition) is 7. The van der Waals surface area contributed by atoms with Gasteiger partial charge in [0.1, 0.15) is 18.6 Å². The number of carbonyl (C=O) groups excluding carboxylic acids is 1. The molecule has 1 aromatic heterocycles. The average Bonchev–Trinajstić information content (AvgIpc) is 3.16. The smallest absolute Gasteiger partial charge is 0.243 e. The van der Waals surface area contributed by atoms with Crippen LogP contribution in [-0.2, 0) is 25.3 Å². The summed E-state index contributed by atoms with van der Waals surface area (Å²) >= 11 is 0. The lowest BCUT2D eigenvalue weighted by Crippen LogP contribution is -2.54. The highest BCUT2D eigenvalue weighted by Gasteiger charge is 2.29. The van der Waals surface area contributed by atoms with Crippen LogP contribution < -0.4 is 5.32 Å². The van der Waals surface area contributed by atoms with Gasteiger partial charge in [-0.1, -0.05) is 5.16 Å². The number of hydrogen-bond donors (Lipinski definition) is 1. The van der Waals surface area contributed by atoms with Crippen molar-refractivity contribution in [2.75, 3.05) is 67.1 Å². The minimum Gasteiger partial charge on any atom is -0.383 e. The van der Waals surface area contributed by atoms with Crippen LogP contribution in [0.1, 0.15) is 5.69 Å². The van der Waals surface area contributed by atoms with E-state index in [0.717, 1.165) is 0 Å². The number of piperazine rings is 1. The summed E-state index contributed by atoms with van der Waals surface area (Å²) in [7, 11) is 1.48. The van der Waals surface area contributed by atoms with Gasteiger partial charge in [0.25, 0.3) is 0 Å². The summed E-state index contributed by atoms with van der Waals surface area (Å²) in [4.78, 5) is 19.6. The van der Waals surface area contributed by atoms with Crippen LogP contribution in [0.15, 0.2) is 21.8 Å². The molecule has 1 N–H and O–H groups in total. The maximum absolute atomic E-state index is 12.5. The lowest BCUT2D eigenvalue weighted by molar-refractivity contribution is -0.127. The maximum atomic E-state index is 12.5. The Bertz CT molecular complexity index is 748. The third kappa shape index (κ3) is 8.06. The number of guanidine groups is 1. The molecule has 0 radical (unpaired) electrons. The number of ether oxygens (including phenoxy) is 1. The molecule has 166 valence electrons. The summed E-state index contributed by atoms with van der Waals surface area (Å²) in [5.41, 5.74) is 0.383. The number of likely N-dealkylation sites (N-methyl/N-ethyl adjacent to an activating group) is 1. The summed E-state index contributed by atoms with van der Waals surface area (Å²) in [6, 6.07) is 1.54. The Balaban J connectivity index is 0.00000420. The predicted octanol–water partition coefficient (Wildman–Crippen LogP) is -0.580. The second-order valence-corrected chi connectivity index (χ2v) is 8.45. The van der Waals surface area contributed by atoms with Crippen LogP contribution in [0.4, 0.5) is 0 Å². The zero-order chi connectivity index (χ0) is 20.6. The van der Waals surface area contributed by atoms with E-state index in [2.05, 4.69) is 15.5 Å². The number of nitrogens with zero attached hydrogens (tertiary/aromatic N) is 5. The Labute approximate surface area is 188 Å². The van der Waals surface area contributed by atoms with Crippen LogP contribution >= 0.6 is 24.0 Å². The Morgan fingerprint density at radius 2 is 2.03 bits per heavy atom. The van der Waals surface area contributed by atoms with Crippen molar-refractivity contribution in [1.29, 1.82) is 0 Å². The molecular formula is C16H29IN6O5S. The number of nitrogens with one attached hydrogen (secondary N) is 1. The summed E-state index contributed by atoms with van der Waals surface area (Å²) in [5, 5.41) is 6.83. The number of methoxy groups -OCH3 is 1. The fourth-order valence-corrected chi connectivity index (χ4v) is 4.01. The van der Waals surface area contributed by atoms with Crippen LogP contribution in [0.3, 0.4) is 0 Å². The van der Waals surface area contributed by atoms with E-state index in [0.29, 0.717) is 51.0 Å². The van der Waals surface area contributed by atoms with Gasteiger partial charge in [0.2, 0.25) is 15.9 Å². The van der Waals surface area contributed by atoms with Crippen LogP contribution in [0, 0.1) is 0 Å². The number of carbonyl (C=O) groups is 1. The Morgan fingerprint density at radius 3 is 2.59 bits per heavy atom. The Kier molecular flexibility index (Phi) is 10.8. The van der Waals surface area contributed by atoms with Gasteiger partial charge < -0.3 is 24.4 Å². The first kappa shape index (κ1) is 25.6. The van der Waals surface area contributed by atoms with Crippen LogP contribution in [-0.4, -0.2) is 107 Å². The van der Waals surface area contributed by atoms with Crippen LogP contribution in [0.25, 0.3) is 0 Å². The fourth-order valence-electron chi connectivity index (χ4n) is 2.58. The van der Waals surface area contributed by atoms with Crippen molar-refractivity contribution < 1.29 is 22.5 Å². The molecule has 0 bridgehead atoms. The number of rotatable bonds is 8. The van der Waals surface area contributed by atoms with E-state index in [1.807, 2.05) is 4.90 Å². The summed E-state index contributed by atoms with van der Waals surface area (Å²) < 4.78 is 36.3. The zero-order valence-electron chi connectivity index (χ0n) is 16.9. The highest BCUT2D eigenvalue weighted by atomic mass is 127. The van der Waals surface area contributed by atoms with Gasteiger partial charge in [0.15, 0.2) is 5.96 Å². The Morgan fingerprint density at radius 1 is 1.34 bits per heavy atom. The summed E-state index contributed by atoms with van der Waals surface area (Å²) in [6.07, 6.45) is 1.35. The number of halogens is 1. The van der Waals surface area contributed by atoms with Crippen molar-refractivity contribution in [1.82, 2.24) is 24.6 Å². The lowest BCUT2D eigenvalue weighted by Gasteiger charge is -2.35. The molecule has 0 aromatic carbocycles. The average molecular weight is 544 g/mol. The second kappa shape index (κ2) is 12.3. The normalized spacial score (nSPS) is 15.7. The van der Waals surface area contributed by atoms with Gasteiger partial charge in [-0.05, 0) is 0 Å². The molecule has 1 aliphatic rings. The zero-order valence-corrected chi connectivity index (χ0v) is 20.1. The largest absolute Gasteiger partial charge is 0.383 e. The first-order chi connectivity index (χ1) is 13.3. The predicted molar refractivity (Wildman–Crippen MR) is 119 cm³/mol. The standard InChI is InChI=1S/C16H28N6O5S.HI/c1-20(2)15(23)12-18-16(17-5-11-26-3)21-6-8-22(9-7-21)28(24,25)13-14-4-10-27-19-14;/h4,10H,5-9,11-13H2,1-3H3,(H,17,18);1H. The van der Waals surface area contributed by atoms with E-state index in [-0.39, 0.29) is 42.2 Å². The van der Waals surface area contributed by atoms with Gasteiger partial charge in [-0.2, -0.15) is 4.31 Å². The minimum atomic E-state index is -3.47. The van der Waals surface area contributed by atoms with Crippen molar-refractivity contribution in [3.8, 4) is 0 Å². The SMILES string of the molecule is COCCNC(=NCC(=O)N(C)C)N1CCN(S(=O)(=O)Cc2ccon2)CC1.I. The number of aromatic nitrogens is 1. The highest BCUT2D eigenvalue weighted by Crippen LogP contribution is 2.13. The van der Waals surface area contributed by atoms with Crippen molar-refractivity contribution in [3.63, 3.8) is 0 Å². The molecule has 0 saturated carbocycles. The fraction of sp³-hybridized carbons (Fsp3) is 0.688. The first-order valence-electron chi connectivity index (χ1n) is 8.93. The molecule has 11 nitrogen and oxygen atoms in total. The van der Waals surface area contributed by atoms with Crippen LogP contribution in [0.5, 0.6) is 0 Å². The molecule has 1 aromatic rings. The molecule has 1 fully saturated rings. The second-order valence-electron chi connectivity index (χ2n) is 6.48. The van der Waals surface area contributed by atoms with Gasteiger partial charge in [0.05, 0.1) is 12.3 Å². The molecule has 2 rings (SSSR count). The van der Waals surface area contributed by atoms with Crippen molar-refractivity contribution >= 4 is 45.9 Å². The number of amides is 1. The van der Waals surface area contributed by atoms with Crippen molar-refractivity contribution in [3.05, 3.63) is 18.0 Å². The molecule has 1 amide bonds. The summed E-state index contributed by atoms with van der Waals surface area (Å²) in [6.45, 7) is 2.63. The minimum absolute atomic E-state index is 0. The topological polar surface area (TPSA) is 121 Å². The first-order valence-corrected chi connectivity index (χ1v) is 10.5. The van der Waals surface area contributed by atoms with Crippen LogP contribution in [0.2, 0.25) is 0 Å². The molecule has 1 aliphatic heterocycles. The Hall–Kier alpha value is -1.45. The highest BCUT2D eigenvalue weighted by molar-refractivity contribution is 14.0. The molecule has 0 atom stereocenters. The third-order valence-corrected chi connectivity index (χ3v) is 6.02. The van der Waals surface area contributed by atoms with E-state index in [9.17, 15) is 13.2 Å². The van der Waals surface area contributed by atoms with Gasteiger partial charge in [-0.25, -0.2) is 13.4 Å². The molecule has 29 heavy (non-hydrogen) atoms. The molecule has 1 saturated heterocycles. The summed E-state index contributed by atoms with van der Waals surface area (Å²) in [5.74, 6) is 0.272. The van der Waals surface area contributed by atoms with Gasteiger partial charge in [-0.3, -0.25) is 4.79 Å². The molecule has 0 aliphatic carbocycles. The quantitative estimate of drug-likeness (QED) is 0.200. The number of aliphatic imine (C=N–C) groups is 1. The van der Waals surface area contributed by atoms with E-state index in [1.165, 1.54) is 15.5 Å². The van der Waals surface area contributed by atoms with Crippen molar-refractivity contribution in [2.45, 2.75) is 5.75 Å². The molecule has 0 spiro atoms. The molecule has 2 heterocycles. The molecule has 0 unspecified atom stereocenters. The van der Waals surface area contributed by atoms with Gasteiger partial charge >= 0.3 is 0 Å². The van der Waals surface area contributed by atoms with Gasteiger partial charge in [0, 0.05) is 60.0 Å². The molecule has 13 heteroatoms. The maximum Gasteiger partial charge on any atom is 0.243 e. The van der Waals surface area contributed by atoms with E-state index in [4.69, 9.17) is 9.26 Å². The lowest BCUT2D eigenvalue weighted by atomic mass is 10.4. The van der Waals surface area contributed by atoms with Gasteiger partial charge in [-0.15, -0.1) is 24.0 Å².